The molecule has 3 aliphatic rings. The molecule has 2 saturated carbocycles. The van der Waals surface area contributed by atoms with E-state index in [1.54, 1.807) is 0 Å². The summed E-state index contributed by atoms with van der Waals surface area (Å²) in [5.74, 6) is 1.86. The average molecular weight is 426 g/mol. The molecule has 0 bridgehead atoms. The molecule has 31 heavy (non-hydrogen) atoms. The number of carbonyl (C=O) groups is 1. The van der Waals surface area contributed by atoms with Crippen molar-refractivity contribution in [1.29, 1.82) is 0 Å². The summed E-state index contributed by atoms with van der Waals surface area (Å²) < 4.78 is 5.77. The van der Waals surface area contributed by atoms with E-state index in [-0.39, 0.29) is 11.4 Å². The van der Waals surface area contributed by atoms with Gasteiger partial charge in [0.25, 0.3) is 0 Å². The molecule has 0 aromatic heterocycles. The van der Waals surface area contributed by atoms with Gasteiger partial charge in [0.1, 0.15) is 11.8 Å². The Labute approximate surface area is 189 Å². The first-order chi connectivity index (χ1) is 14.5. The van der Waals surface area contributed by atoms with Crippen LogP contribution in [0.5, 0.6) is 5.75 Å². The van der Waals surface area contributed by atoms with Crippen molar-refractivity contribution < 1.29 is 9.53 Å². The highest BCUT2D eigenvalue weighted by atomic mass is 16.5. The van der Waals surface area contributed by atoms with Crippen molar-refractivity contribution >= 4 is 5.97 Å². The lowest BCUT2D eigenvalue weighted by Crippen LogP contribution is -2.55. The van der Waals surface area contributed by atoms with E-state index in [2.05, 4.69) is 53.7 Å². The summed E-state index contributed by atoms with van der Waals surface area (Å²) in [5.41, 5.74) is 11.3. The molecule has 0 heterocycles. The van der Waals surface area contributed by atoms with Crippen molar-refractivity contribution in [1.82, 2.24) is 0 Å². The number of unbranched alkanes of at least 4 members (excludes halogenated alkanes) is 1. The van der Waals surface area contributed by atoms with Gasteiger partial charge in [-0.15, -0.1) is 0 Å². The van der Waals surface area contributed by atoms with Gasteiger partial charge >= 0.3 is 5.97 Å². The quantitative estimate of drug-likeness (QED) is 0.434. The molecule has 172 valence electrons. The lowest BCUT2D eigenvalue weighted by Gasteiger charge is -2.61. The molecule has 5 atom stereocenters. The van der Waals surface area contributed by atoms with Crippen LogP contribution in [-0.2, 0) is 16.6 Å². The van der Waals surface area contributed by atoms with Crippen molar-refractivity contribution in [3.8, 4) is 5.75 Å². The van der Waals surface area contributed by atoms with Crippen LogP contribution in [0.4, 0.5) is 0 Å². The second-order valence-electron chi connectivity index (χ2n) is 12.1. The topological polar surface area (TPSA) is 52.3 Å². The number of aryl methyl sites for hydroxylation is 1. The number of rotatable bonds is 5. The molecule has 1 aromatic rings. The van der Waals surface area contributed by atoms with Crippen LogP contribution in [0.3, 0.4) is 0 Å². The van der Waals surface area contributed by atoms with E-state index in [4.69, 9.17) is 10.5 Å². The fourth-order valence-corrected chi connectivity index (χ4v) is 8.22. The molecule has 0 amide bonds. The van der Waals surface area contributed by atoms with Crippen LogP contribution in [0.15, 0.2) is 12.1 Å². The largest absolute Gasteiger partial charge is 0.425 e. The highest BCUT2D eigenvalue weighted by molar-refractivity contribution is 5.78. The Balaban J connectivity index is 1.63. The molecule has 3 heteroatoms. The van der Waals surface area contributed by atoms with Crippen molar-refractivity contribution in [2.45, 2.75) is 111 Å². The average Bonchev–Trinajstić information content (AvgIpc) is 2.99. The van der Waals surface area contributed by atoms with E-state index < -0.39 is 6.04 Å². The zero-order valence-electron chi connectivity index (χ0n) is 20.6. The van der Waals surface area contributed by atoms with Gasteiger partial charge in [-0.1, -0.05) is 53.9 Å². The van der Waals surface area contributed by atoms with Gasteiger partial charge in [-0.2, -0.15) is 0 Å². The zero-order valence-corrected chi connectivity index (χ0v) is 20.6. The van der Waals surface area contributed by atoms with E-state index in [1.165, 1.54) is 48.8 Å². The van der Waals surface area contributed by atoms with Crippen LogP contribution in [-0.4, -0.2) is 12.0 Å². The van der Waals surface area contributed by atoms with Gasteiger partial charge in [0.05, 0.1) is 0 Å². The summed E-state index contributed by atoms with van der Waals surface area (Å²) in [6, 6.07) is 3.71. The Bertz CT molecular complexity index is 859. The molecule has 0 saturated heterocycles. The summed E-state index contributed by atoms with van der Waals surface area (Å²) in [6.07, 6.45) is 10.5. The normalized spacial score (nSPS) is 34.4. The van der Waals surface area contributed by atoms with E-state index in [9.17, 15) is 4.79 Å². The van der Waals surface area contributed by atoms with Crippen LogP contribution in [0.2, 0.25) is 0 Å². The van der Waals surface area contributed by atoms with Gasteiger partial charge in [0.2, 0.25) is 0 Å². The Morgan fingerprint density at radius 1 is 1.16 bits per heavy atom. The van der Waals surface area contributed by atoms with Crippen LogP contribution in [0.1, 0.15) is 103 Å². The number of carbonyl (C=O) groups excluding carboxylic acids is 1. The predicted molar refractivity (Wildman–Crippen MR) is 127 cm³/mol. The summed E-state index contributed by atoms with van der Waals surface area (Å²) in [5, 5.41) is 0. The Hall–Kier alpha value is -1.35. The molecule has 0 aliphatic heterocycles. The third-order valence-electron chi connectivity index (χ3n) is 9.57. The molecule has 3 nitrogen and oxygen atoms in total. The lowest BCUT2D eigenvalue weighted by molar-refractivity contribution is -0.136. The van der Waals surface area contributed by atoms with E-state index in [0.717, 1.165) is 25.2 Å². The van der Waals surface area contributed by atoms with E-state index in [1.807, 2.05) is 0 Å². The number of fused-ring (bicyclic) bond motifs is 5. The summed E-state index contributed by atoms with van der Waals surface area (Å²) in [4.78, 5) is 12.5. The van der Waals surface area contributed by atoms with Gasteiger partial charge in [-0.25, -0.2) is 4.79 Å². The zero-order chi connectivity index (χ0) is 22.6. The van der Waals surface area contributed by atoms with Crippen LogP contribution >= 0.6 is 0 Å². The Morgan fingerprint density at radius 2 is 1.90 bits per heavy atom. The van der Waals surface area contributed by atoms with Crippen LogP contribution in [0.25, 0.3) is 0 Å². The monoisotopic (exact) mass is 425 g/mol. The van der Waals surface area contributed by atoms with Crippen LogP contribution < -0.4 is 10.5 Å². The van der Waals surface area contributed by atoms with E-state index >= 15 is 0 Å². The molecule has 2 N–H and O–H groups in total. The molecular weight excluding hydrogens is 382 g/mol. The van der Waals surface area contributed by atoms with Crippen molar-refractivity contribution in [2.24, 2.45) is 28.4 Å². The first-order valence-corrected chi connectivity index (χ1v) is 12.6. The fraction of sp³-hybridized carbons (Fsp3) is 0.750. The van der Waals surface area contributed by atoms with Gasteiger partial charge in [-0.05, 0) is 102 Å². The van der Waals surface area contributed by atoms with Crippen LogP contribution in [0, 0.1) is 29.6 Å². The second kappa shape index (κ2) is 7.90. The molecule has 0 radical (unpaired) electrons. The minimum Gasteiger partial charge on any atom is -0.425 e. The molecule has 1 unspecified atom stereocenters. The van der Waals surface area contributed by atoms with Gasteiger partial charge in [0.15, 0.2) is 0 Å². The highest BCUT2D eigenvalue weighted by Gasteiger charge is 2.61. The summed E-state index contributed by atoms with van der Waals surface area (Å²) in [6.45, 7) is 14.4. The van der Waals surface area contributed by atoms with Crippen molar-refractivity contribution in [2.75, 3.05) is 0 Å². The number of benzene rings is 1. The second-order valence-corrected chi connectivity index (χ2v) is 12.1. The number of hydrogen-bond donors (Lipinski definition) is 1. The number of hydrogen-bond acceptors (Lipinski definition) is 3. The lowest BCUT2D eigenvalue weighted by atomic mass is 9.43. The van der Waals surface area contributed by atoms with E-state index in [0.29, 0.717) is 28.9 Å². The molecule has 3 aliphatic carbocycles. The Kier molecular flexibility index (Phi) is 5.82. The number of ether oxygens (including phenoxy) is 1. The predicted octanol–water partition coefficient (Wildman–Crippen LogP) is 6.47. The summed E-state index contributed by atoms with van der Waals surface area (Å²) in [7, 11) is 0. The maximum absolute atomic E-state index is 12.5. The number of nitrogens with two attached hydrogens (primary N) is 1. The Morgan fingerprint density at radius 3 is 2.61 bits per heavy atom. The maximum atomic E-state index is 12.5. The summed E-state index contributed by atoms with van der Waals surface area (Å²) >= 11 is 0. The molecular formula is C28H43NO2. The smallest absolute Gasteiger partial charge is 0.328 e. The fourth-order valence-electron chi connectivity index (χ4n) is 8.22. The maximum Gasteiger partial charge on any atom is 0.328 e. The van der Waals surface area contributed by atoms with Gasteiger partial charge in [-0.3, -0.25) is 0 Å². The first-order valence-electron chi connectivity index (χ1n) is 12.6. The third kappa shape index (κ3) is 3.65. The van der Waals surface area contributed by atoms with Crippen molar-refractivity contribution in [3.05, 3.63) is 28.8 Å². The van der Waals surface area contributed by atoms with Crippen molar-refractivity contribution in [3.63, 3.8) is 0 Å². The molecule has 4 rings (SSSR count). The SMILES string of the molecule is CCCCC(N)C(=O)Oc1cc(C)c2c(c1)C[C@H]1[C@@]3(C)CCCC(C)(C)[C@@H]3CC[C@]21C. The number of esters is 1. The third-order valence-corrected chi connectivity index (χ3v) is 9.57. The minimum absolute atomic E-state index is 0.234. The highest BCUT2D eigenvalue weighted by Crippen LogP contribution is 2.67. The van der Waals surface area contributed by atoms with Gasteiger partial charge in [0, 0.05) is 0 Å². The molecule has 0 spiro atoms. The van der Waals surface area contributed by atoms with Gasteiger partial charge < -0.3 is 10.5 Å². The standard InChI is InChI=1S/C28H43NO2/c1-7-8-10-21(29)25(30)31-20-15-18(2)24-19(16-20)17-23-27(5)13-9-12-26(3,4)22(27)11-14-28(23,24)6/h15-16,21-23H,7-14,17,29H2,1-6H3/t21?,22-,23-,27-,28-/m0/s1. The minimum atomic E-state index is -0.530. The first kappa shape index (κ1) is 22.8. The molecule has 1 aromatic carbocycles. The molecule has 2 fully saturated rings.